The molecule has 1 saturated heterocycles. The maximum atomic E-state index is 12.8. The second-order valence-corrected chi connectivity index (χ2v) is 8.01. The van der Waals surface area contributed by atoms with Crippen LogP contribution in [0.5, 0.6) is 5.75 Å². The normalized spacial score (nSPS) is 26.4. The molecule has 2 fully saturated rings. The van der Waals surface area contributed by atoms with Crippen LogP contribution in [0.2, 0.25) is 5.02 Å². The summed E-state index contributed by atoms with van der Waals surface area (Å²) < 4.78 is 5.99. The summed E-state index contributed by atoms with van der Waals surface area (Å²) in [5, 5.41) is 20.1. The Labute approximate surface area is 169 Å². The number of carbonyl (C=O) groups is 1. The van der Waals surface area contributed by atoms with Gasteiger partial charge >= 0.3 is 0 Å². The average Bonchev–Trinajstić information content (AvgIpc) is 3.10. The number of nitrogens with zero attached hydrogens (tertiary/aromatic N) is 2. The first-order chi connectivity index (χ1) is 13.5. The fourth-order valence-corrected chi connectivity index (χ4v) is 4.45. The van der Waals surface area contributed by atoms with E-state index < -0.39 is 6.10 Å². The number of hydrogen-bond donors (Lipinski definition) is 1. The number of hydrogen-bond acceptors (Lipinski definition) is 4. The number of halogens is 1. The number of fused-ring (bicyclic) bond motifs is 1. The van der Waals surface area contributed by atoms with Crippen molar-refractivity contribution in [3.8, 4) is 11.8 Å². The van der Waals surface area contributed by atoms with Crippen molar-refractivity contribution in [1.29, 1.82) is 5.26 Å². The molecule has 2 aromatic carbocycles. The summed E-state index contributed by atoms with van der Waals surface area (Å²) in [5.41, 5.74) is 1.13. The Bertz CT molecular complexity index is 909. The molecule has 1 N–H and O–H groups in total. The van der Waals surface area contributed by atoms with Crippen LogP contribution in [0.4, 0.5) is 0 Å². The van der Waals surface area contributed by atoms with Crippen molar-refractivity contribution in [2.24, 2.45) is 11.8 Å². The molecule has 1 heterocycles. The second-order valence-electron chi connectivity index (χ2n) is 7.57. The average molecular weight is 397 g/mol. The van der Waals surface area contributed by atoms with Gasteiger partial charge in [0, 0.05) is 23.7 Å². The van der Waals surface area contributed by atoms with Crippen LogP contribution < -0.4 is 4.74 Å². The Morgan fingerprint density at radius 1 is 1.14 bits per heavy atom. The molecule has 2 aliphatic rings. The summed E-state index contributed by atoms with van der Waals surface area (Å²) in [5.74, 6) is 1.20. The molecule has 0 bridgehead atoms. The van der Waals surface area contributed by atoms with E-state index in [0.717, 1.165) is 0 Å². The standard InChI is InChI=1S/C22H21ClN2O3/c23-18-2-1-3-19(10-18)28-21-9-17-13-25(12-16(17)8-20(21)26)22(27)15-6-4-14(11-24)5-7-15/h1-7,10,16-17,20-21,26H,8-9,12-13H2/t16-,17+,20+,21+/m0/s1. The minimum atomic E-state index is -0.565. The molecule has 1 saturated carbocycles. The quantitative estimate of drug-likeness (QED) is 0.861. The number of likely N-dealkylation sites (tertiary alicyclic amines) is 1. The van der Waals surface area contributed by atoms with Crippen LogP contribution in [0, 0.1) is 23.2 Å². The van der Waals surface area contributed by atoms with Crippen LogP contribution >= 0.6 is 11.6 Å². The van der Waals surface area contributed by atoms with E-state index >= 15 is 0 Å². The van der Waals surface area contributed by atoms with Crippen molar-refractivity contribution < 1.29 is 14.6 Å². The Kier molecular flexibility index (Phi) is 5.25. The minimum Gasteiger partial charge on any atom is -0.488 e. The molecule has 4 atom stereocenters. The van der Waals surface area contributed by atoms with Gasteiger partial charge in [-0.2, -0.15) is 5.26 Å². The maximum absolute atomic E-state index is 12.8. The summed E-state index contributed by atoms with van der Waals surface area (Å²) in [6.07, 6.45) is 0.456. The van der Waals surface area contributed by atoms with E-state index in [1.54, 1.807) is 36.4 Å². The van der Waals surface area contributed by atoms with Gasteiger partial charge in [0.2, 0.25) is 0 Å². The maximum Gasteiger partial charge on any atom is 0.253 e. The van der Waals surface area contributed by atoms with E-state index in [-0.39, 0.29) is 17.9 Å². The van der Waals surface area contributed by atoms with Crippen LogP contribution in [0.3, 0.4) is 0 Å². The Morgan fingerprint density at radius 2 is 1.86 bits per heavy atom. The van der Waals surface area contributed by atoms with Gasteiger partial charge < -0.3 is 14.7 Å². The smallest absolute Gasteiger partial charge is 0.253 e. The van der Waals surface area contributed by atoms with Gasteiger partial charge in [-0.05, 0) is 67.1 Å². The molecular weight excluding hydrogens is 376 g/mol. The van der Waals surface area contributed by atoms with Crippen LogP contribution in [-0.4, -0.2) is 41.2 Å². The molecule has 1 amide bonds. The third-order valence-electron chi connectivity index (χ3n) is 5.72. The highest BCUT2D eigenvalue weighted by atomic mass is 35.5. The molecule has 5 nitrogen and oxygen atoms in total. The van der Waals surface area contributed by atoms with Crippen LogP contribution in [0.25, 0.3) is 0 Å². The zero-order valence-corrected chi connectivity index (χ0v) is 16.0. The van der Waals surface area contributed by atoms with Gasteiger partial charge in [-0.25, -0.2) is 0 Å². The van der Waals surface area contributed by atoms with Gasteiger partial charge in [0.15, 0.2) is 0 Å². The minimum absolute atomic E-state index is 0.0271. The van der Waals surface area contributed by atoms with Crippen molar-refractivity contribution in [3.63, 3.8) is 0 Å². The summed E-state index contributed by atoms with van der Waals surface area (Å²) >= 11 is 6.01. The molecule has 6 heteroatoms. The lowest BCUT2D eigenvalue weighted by Gasteiger charge is -2.35. The van der Waals surface area contributed by atoms with E-state index in [0.29, 0.717) is 53.7 Å². The highest BCUT2D eigenvalue weighted by Crippen LogP contribution is 2.38. The predicted molar refractivity (Wildman–Crippen MR) is 105 cm³/mol. The Hall–Kier alpha value is -2.55. The van der Waals surface area contributed by atoms with Gasteiger partial charge in [0.1, 0.15) is 11.9 Å². The number of ether oxygens (including phenoxy) is 1. The molecule has 1 aliphatic heterocycles. The second kappa shape index (κ2) is 7.83. The number of benzene rings is 2. The SMILES string of the molecule is N#Cc1ccc(C(=O)N2C[C@H]3C[C@@H](Oc4cccc(Cl)c4)[C@H](O)C[C@H]3C2)cc1. The van der Waals surface area contributed by atoms with Crippen molar-refractivity contribution >= 4 is 17.5 Å². The highest BCUT2D eigenvalue weighted by Gasteiger charge is 2.44. The Balaban J connectivity index is 1.42. The summed E-state index contributed by atoms with van der Waals surface area (Å²) in [7, 11) is 0. The lowest BCUT2D eigenvalue weighted by molar-refractivity contribution is -0.0231. The van der Waals surface area contributed by atoms with E-state index in [1.165, 1.54) is 0 Å². The first-order valence-electron chi connectivity index (χ1n) is 9.43. The monoisotopic (exact) mass is 396 g/mol. The van der Waals surface area contributed by atoms with Gasteiger partial charge in [-0.15, -0.1) is 0 Å². The molecule has 1 aliphatic carbocycles. The van der Waals surface area contributed by atoms with E-state index in [2.05, 4.69) is 6.07 Å². The van der Waals surface area contributed by atoms with E-state index in [9.17, 15) is 9.90 Å². The molecule has 0 unspecified atom stereocenters. The zero-order chi connectivity index (χ0) is 19.7. The van der Waals surface area contributed by atoms with E-state index in [4.69, 9.17) is 21.6 Å². The number of aliphatic hydroxyl groups is 1. The van der Waals surface area contributed by atoms with Crippen molar-refractivity contribution in [1.82, 2.24) is 4.90 Å². The number of aliphatic hydroxyl groups excluding tert-OH is 1. The molecule has 28 heavy (non-hydrogen) atoms. The molecular formula is C22H21ClN2O3. The lowest BCUT2D eigenvalue weighted by Crippen LogP contribution is -2.42. The first kappa shape index (κ1) is 18.8. The lowest BCUT2D eigenvalue weighted by atomic mass is 9.78. The van der Waals surface area contributed by atoms with Gasteiger partial charge in [-0.3, -0.25) is 4.79 Å². The van der Waals surface area contributed by atoms with Gasteiger partial charge in [0.05, 0.1) is 17.7 Å². The topological polar surface area (TPSA) is 73.6 Å². The van der Waals surface area contributed by atoms with Gasteiger partial charge in [-0.1, -0.05) is 17.7 Å². The van der Waals surface area contributed by atoms with Crippen LogP contribution in [-0.2, 0) is 0 Å². The fourth-order valence-electron chi connectivity index (χ4n) is 4.27. The number of nitriles is 1. The van der Waals surface area contributed by atoms with Crippen molar-refractivity contribution in [2.45, 2.75) is 25.0 Å². The molecule has 0 radical (unpaired) electrons. The molecule has 4 rings (SSSR count). The van der Waals surface area contributed by atoms with Gasteiger partial charge in [0.25, 0.3) is 5.91 Å². The largest absolute Gasteiger partial charge is 0.488 e. The molecule has 144 valence electrons. The summed E-state index contributed by atoms with van der Waals surface area (Å²) in [4.78, 5) is 14.7. The van der Waals surface area contributed by atoms with Crippen LogP contribution in [0.1, 0.15) is 28.8 Å². The Morgan fingerprint density at radius 3 is 2.54 bits per heavy atom. The number of carbonyl (C=O) groups excluding carboxylic acids is 1. The predicted octanol–water partition coefficient (Wildman–Crippen LogP) is 3.50. The molecule has 0 spiro atoms. The fraction of sp³-hybridized carbons (Fsp3) is 0.364. The van der Waals surface area contributed by atoms with E-state index in [1.807, 2.05) is 17.0 Å². The van der Waals surface area contributed by atoms with Crippen molar-refractivity contribution in [2.75, 3.05) is 13.1 Å². The van der Waals surface area contributed by atoms with Crippen molar-refractivity contribution in [3.05, 3.63) is 64.7 Å². The molecule has 0 aromatic heterocycles. The number of rotatable bonds is 3. The summed E-state index contributed by atoms with van der Waals surface area (Å²) in [6.45, 7) is 1.30. The zero-order valence-electron chi connectivity index (χ0n) is 15.3. The third-order valence-corrected chi connectivity index (χ3v) is 5.95. The highest BCUT2D eigenvalue weighted by molar-refractivity contribution is 6.30. The summed E-state index contributed by atoms with van der Waals surface area (Å²) in [6, 6.07) is 16.0. The third kappa shape index (κ3) is 3.84. The van der Waals surface area contributed by atoms with Crippen LogP contribution in [0.15, 0.2) is 48.5 Å². The molecule has 2 aromatic rings. The number of amides is 1. The first-order valence-corrected chi connectivity index (χ1v) is 9.81.